The van der Waals surface area contributed by atoms with E-state index < -0.39 is 11.9 Å². The van der Waals surface area contributed by atoms with Gasteiger partial charge in [0, 0.05) is 5.39 Å². The van der Waals surface area contributed by atoms with Gasteiger partial charge < -0.3 is 9.47 Å². The van der Waals surface area contributed by atoms with Crippen LogP contribution in [0.15, 0.2) is 121 Å². The third-order valence-corrected chi connectivity index (χ3v) is 6.26. The summed E-state index contributed by atoms with van der Waals surface area (Å²) in [7, 11) is 0. The fourth-order valence-corrected chi connectivity index (χ4v) is 4.52. The molecule has 0 aliphatic rings. The van der Waals surface area contributed by atoms with Crippen LogP contribution in [0.25, 0.3) is 32.3 Å². The van der Waals surface area contributed by atoms with Crippen LogP contribution >= 0.6 is 0 Å². The minimum atomic E-state index is -0.524. The second-order valence-corrected chi connectivity index (χ2v) is 8.45. The average Bonchev–Trinajstić information content (AvgIpc) is 2.93. The molecule has 4 nitrogen and oxygen atoms in total. The van der Waals surface area contributed by atoms with Gasteiger partial charge in [0.1, 0.15) is 0 Å². The first kappa shape index (κ1) is 21.6. The van der Waals surface area contributed by atoms with Crippen LogP contribution in [0.3, 0.4) is 0 Å². The summed E-state index contributed by atoms with van der Waals surface area (Å²) >= 11 is 0. The van der Waals surface area contributed by atoms with E-state index in [4.69, 9.17) is 9.47 Å². The Morgan fingerprint density at radius 1 is 0.417 bits per heavy atom. The summed E-state index contributed by atoms with van der Waals surface area (Å²) in [6, 6.07) is 37.3. The van der Waals surface area contributed by atoms with Crippen molar-refractivity contribution in [3.8, 4) is 11.5 Å². The van der Waals surface area contributed by atoms with Gasteiger partial charge in [0.15, 0.2) is 11.5 Å². The summed E-state index contributed by atoms with van der Waals surface area (Å²) in [6.07, 6.45) is 0. The smallest absolute Gasteiger partial charge is 0.344 e. The molecule has 0 spiro atoms. The van der Waals surface area contributed by atoms with Crippen LogP contribution in [0, 0.1) is 0 Å². The standard InChI is InChI=1S/C32H20O4/c33-31(27-17-7-12-21-9-1-4-14-24(21)27)35-29-20-19-23-11-3-6-16-26(23)30(29)36-32(34)28-18-8-13-22-10-2-5-15-25(22)28/h1-20H. The van der Waals surface area contributed by atoms with E-state index in [1.54, 1.807) is 18.2 Å². The lowest BCUT2D eigenvalue weighted by atomic mass is 10.0. The number of rotatable bonds is 4. The zero-order valence-electron chi connectivity index (χ0n) is 19.2. The highest BCUT2D eigenvalue weighted by atomic mass is 16.6. The summed E-state index contributed by atoms with van der Waals surface area (Å²) < 4.78 is 11.8. The van der Waals surface area contributed by atoms with Gasteiger partial charge in [0.05, 0.1) is 11.1 Å². The molecule has 0 amide bonds. The number of hydrogen-bond donors (Lipinski definition) is 0. The normalized spacial score (nSPS) is 11.0. The Kier molecular flexibility index (Phi) is 5.39. The monoisotopic (exact) mass is 468 g/mol. The van der Waals surface area contributed by atoms with Gasteiger partial charge in [-0.05, 0) is 45.1 Å². The molecule has 0 saturated heterocycles. The van der Waals surface area contributed by atoms with Crippen LogP contribution < -0.4 is 9.47 Å². The van der Waals surface area contributed by atoms with Crippen molar-refractivity contribution in [3.05, 3.63) is 132 Å². The molecule has 0 aliphatic carbocycles. The predicted molar refractivity (Wildman–Crippen MR) is 142 cm³/mol. The number of benzene rings is 6. The lowest BCUT2D eigenvalue weighted by Crippen LogP contribution is -2.13. The van der Waals surface area contributed by atoms with Gasteiger partial charge in [-0.2, -0.15) is 0 Å². The summed E-state index contributed by atoms with van der Waals surface area (Å²) in [6.45, 7) is 0. The first-order chi connectivity index (χ1) is 17.7. The molecule has 0 saturated carbocycles. The highest BCUT2D eigenvalue weighted by Gasteiger charge is 2.21. The van der Waals surface area contributed by atoms with Gasteiger partial charge in [-0.3, -0.25) is 0 Å². The third kappa shape index (κ3) is 3.85. The number of ether oxygens (including phenoxy) is 2. The topological polar surface area (TPSA) is 52.6 Å². The number of fused-ring (bicyclic) bond motifs is 3. The SMILES string of the molecule is O=C(Oc1ccc2ccccc2c1OC(=O)c1cccc2ccccc12)c1cccc2ccccc12. The first-order valence-corrected chi connectivity index (χ1v) is 11.6. The van der Waals surface area contributed by atoms with Crippen molar-refractivity contribution >= 4 is 44.3 Å². The molecule has 6 aromatic carbocycles. The molecule has 0 bridgehead atoms. The second kappa shape index (κ2) is 9.01. The average molecular weight is 469 g/mol. The van der Waals surface area contributed by atoms with Gasteiger partial charge >= 0.3 is 11.9 Å². The first-order valence-electron chi connectivity index (χ1n) is 11.6. The van der Waals surface area contributed by atoms with Crippen LogP contribution in [-0.2, 0) is 0 Å². The molecule has 172 valence electrons. The zero-order chi connectivity index (χ0) is 24.5. The fraction of sp³-hybridized carbons (Fsp3) is 0. The van der Waals surface area contributed by atoms with Crippen molar-refractivity contribution in [3.63, 3.8) is 0 Å². The lowest BCUT2D eigenvalue weighted by Gasteiger charge is -2.14. The molecule has 0 unspecified atom stereocenters. The molecule has 36 heavy (non-hydrogen) atoms. The molecule has 0 aromatic heterocycles. The highest BCUT2D eigenvalue weighted by molar-refractivity contribution is 6.08. The Labute approximate surface area is 207 Å². The van der Waals surface area contributed by atoms with Gasteiger partial charge in [0.2, 0.25) is 0 Å². The van der Waals surface area contributed by atoms with Gasteiger partial charge in [0.25, 0.3) is 0 Å². The van der Waals surface area contributed by atoms with E-state index in [-0.39, 0.29) is 11.5 Å². The summed E-state index contributed by atoms with van der Waals surface area (Å²) in [5.74, 6) is -0.657. The maximum absolute atomic E-state index is 13.4. The minimum absolute atomic E-state index is 0.181. The molecule has 6 aromatic rings. The molecule has 0 fully saturated rings. The third-order valence-electron chi connectivity index (χ3n) is 6.26. The molecule has 0 aliphatic heterocycles. The van der Waals surface area contributed by atoms with Crippen LogP contribution in [0.5, 0.6) is 11.5 Å². The van der Waals surface area contributed by atoms with Gasteiger partial charge in [-0.1, -0.05) is 103 Å². The molecular formula is C32H20O4. The Morgan fingerprint density at radius 2 is 0.861 bits per heavy atom. The van der Waals surface area contributed by atoms with E-state index in [2.05, 4.69) is 0 Å². The lowest BCUT2D eigenvalue weighted by molar-refractivity contribution is 0.0686. The summed E-state index contributed by atoms with van der Waals surface area (Å²) in [5.41, 5.74) is 0.875. The summed E-state index contributed by atoms with van der Waals surface area (Å²) in [4.78, 5) is 26.7. The van der Waals surface area contributed by atoms with Crippen molar-refractivity contribution in [1.29, 1.82) is 0 Å². The molecule has 0 heterocycles. The number of carbonyl (C=O) groups excluding carboxylic acids is 2. The van der Waals surface area contributed by atoms with Crippen LogP contribution in [-0.4, -0.2) is 11.9 Å². The van der Waals surface area contributed by atoms with Crippen molar-refractivity contribution in [2.75, 3.05) is 0 Å². The Bertz CT molecular complexity index is 1770. The van der Waals surface area contributed by atoms with E-state index in [1.807, 2.05) is 103 Å². The quantitative estimate of drug-likeness (QED) is 0.198. The predicted octanol–water partition coefficient (Wildman–Crippen LogP) is 7.58. The van der Waals surface area contributed by atoms with E-state index in [9.17, 15) is 9.59 Å². The van der Waals surface area contributed by atoms with Crippen LogP contribution in [0.4, 0.5) is 0 Å². The number of esters is 2. The molecule has 0 N–H and O–H groups in total. The number of carbonyl (C=O) groups is 2. The van der Waals surface area contributed by atoms with E-state index in [1.165, 1.54) is 0 Å². The minimum Gasteiger partial charge on any atom is -0.419 e. The Morgan fingerprint density at radius 3 is 1.44 bits per heavy atom. The number of hydrogen-bond acceptors (Lipinski definition) is 4. The van der Waals surface area contributed by atoms with Crippen molar-refractivity contribution in [1.82, 2.24) is 0 Å². The van der Waals surface area contributed by atoms with Crippen LogP contribution in [0.1, 0.15) is 20.7 Å². The van der Waals surface area contributed by atoms with E-state index in [0.717, 1.165) is 26.9 Å². The highest BCUT2D eigenvalue weighted by Crippen LogP contribution is 2.37. The van der Waals surface area contributed by atoms with E-state index in [0.29, 0.717) is 16.5 Å². The van der Waals surface area contributed by atoms with Crippen molar-refractivity contribution in [2.24, 2.45) is 0 Å². The van der Waals surface area contributed by atoms with Crippen molar-refractivity contribution in [2.45, 2.75) is 0 Å². The zero-order valence-corrected chi connectivity index (χ0v) is 19.2. The van der Waals surface area contributed by atoms with Gasteiger partial charge in [-0.25, -0.2) is 9.59 Å². The molecule has 0 atom stereocenters. The largest absolute Gasteiger partial charge is 0.419 e. The van der Waals surface area contributed by atoms with Crippen molar-refractivity contribution < 1.29 is 19.1 Å². The Balaban J connectivity index is 1.42. The van der Waals surface area contributed by atoms with Gasteiger partial charge in [-0.15, -0.1) is 0 Å². The molecule has 4 heteroatoms. The molecular weight excluding hydrogens is 448 g/mol. The molecule has 0 radical (unpaired) electrons. The second-order valence-electron chi connectivity index (χ2n) is 8.45. The van der Waals surface area contributed by atoms with E-state index >= 15 is 0 Å². The Hall–Kier alpha value is -4.96. The maximum atomic E-state index is 13.4. The maximum Gasteiger partial charge on any atom is 0.344 e. The molecule has 6 rings (SSSR count). The summed E-state index contributed by atoms with van der Waals surface area (Å²) in [5, 5.41) is 5.00. The van der Waals surface area contributed by atoms with Crippen LogP contribution in [0.2, 0.25) is 0 Å². The fourth-order valence-electron chi connectivity index (χ4n) is 4.52.